The first-order chi connectivity index (χ1) is 12.7. The van der Waals surface area contributed by atoms with E-state index in [0.717, 1.165) is 41.2 Å². The SMILES string of the molecule is Cc1nc(N2CC[C@@H]3CCOC(=O)[C@H]32)c2cc(-c3ccccc3)sc2n1. The minimum atomic E-state index is -0.207. The third-order valence-electron chi connectivity index (χ3n) is 5.31. The first-order valence-corrected chi connectivity index (χ1v) is 9.79. The molecule has 0 N–H and O–H groups in total. The van der Waals surface area contributed by atoms with Gasteiger partial charge in [0.25, 0.3) is 0 Å². The molecular formula is C20H19N3O2S. The molecule has 6 heteroatoms. The topological polar surface area (TPSA) is 55.3 Å². The van der Waals surface area contributed by atoms with Crippen LogP contribution in [0.5, 0.6) is 0 Å². The van der Waals surface area contributed by atoms with E-state index >= 15 is 0 Å². The number of carbonyl (C=O) groups is 1. The van der Waals surface area contributed by atoms with Crippen LogP contribution in [0.25, 0.3) is 20.7 Å². The number of aromatic nitrogens is 2. The van der Waals surface area contributed by atoms with Crippen LogP contribution in [-0.2, 0) is 9.53 Å². The number of rotatable bonds is 2. The molecule has 0 spiro atoms. The number of cyclic esters (lactones) is 1. The van der Waals surface area contributed by atoms with Gasteiger partial charge in [-0.25, -0.2) is 14.8 Å². The van der Waals surface area contributed by atoms with Gasteiger partial charge in [-0.2, -0.15) is 0 Å². The smallest absolute Gasteiger partial charge is 0.329 e. The Labute approximate surface area is 155 Å². The largest absolute Gasteiger partial charge is 0.464 e. The number of nitrogens with zero attached hydrogens (tertiary/aromatic N) is 3. The Bertz CT molecular complexity index is 985. The average molecular weight is 365 g/mol. The molecule has 0 unspecified atom stereocenters. The van der Waals surface area contributed by atoms with Crippen LogP contribution in [0.1, 0.15) is 18.7 Å². The van der Waals surface area contributed by atoms with Gasteiger partial charge in [0.2, 0.25) is 0 Å². The lowest BCUT2D eigenvalue weighted by molar-refractivity contribution is -0.150. The summed E-state index contributed by atoms with van der Waals surface area (Å²) in [6.07, 6.45) is 1.96. The van der Waals surface area contributed by atoms with Crippen LogP contribution in [0.4, 0.5) is 5.82 Å². The zero-order valence-electron chi connectivity index (χ0n) is 14.5. The minimum Gasteiger partial charge on any atom is -0.464 e. The molecule has 2 saturated heterocycles. The van der Waals surface area contributed by atoms with Crippen LogP contribution in [-0.4, -0.2) is 35.1 Å². The number of ether oxygens (including phenoxy) is 1. The molecule has 5 nitrogen and oxygen atoms in total. The molecule has 1 aromatic carbocycles. The van der Waals surface area contributed by atoms with Crippen LogP contribution in [0, 0.1) is 12.8 Å². The van der Waals surface area contributed by atoms with Crippen molar-refractivity contribution in [2.75, 3.05) is 18.1 Å². The molecule has 132 valence electrons. The van der Waals surface area contributed by atoms with Crippen molar-refractivity contribution in [1.29, 1.82) is 0 Å². The molecule has 2 aliphatic rings. The fraction of sp³-hybridized carbons (Fsp3) is 0.350. The van der Waals surface area contributed by atoms with Gasteiger partial charge in [-0.1, -0.05) is 30.3 Å². The van der Waals surface area contributed by atoms with Crippen molar-refractivity contribution in [3.63, 3.8) is 0 Å². The minimum absolute atomic E-state index is 0.110. The average Bonchev–Trinajstić information content (AvgIpc) is 3.27. The number of benzene rings is 1. The summed E-state index contributed by atoms with van der Waals surface area (Å²) in [5, 5.41) is 1.03. The molecule has 2 fully saturated rings. The van der Waals surface area contributed by atoms with Gasteiger partial charge in [0, 0.05) is 11.4 Å². The van der Waals surface area contributed by atoms with E-state index < -0.39 is 0 Å². The molecule has 26 heavy (non-hydrogen) atoms. The highest BCUT2D eigenvalue weighted by atomic mass is 32.1. The summed E-state index contributed by atoms with van der Waals surface area (Å²) in [6.45, 7) is 3.30. The first kappa shape index (κ1) is 15.8. The van der Waals surface area contributed by atoms with Crippen molar-refractivity contribution < 1.29 is 9.53 Å². The molecule has 0 amide bonds. The van der Waals surface area contributed by atoms with E-state index in [9.17, 15) is 4.79 Å². The molecule has 5 rings (SSSR count). The van der Waals surface area contributed by atoms with E-state index in [1.54, 1.807) is 11.3 Å². The number of anilines is 1. The number of aryl methyl sites for hydroxylation is 1. The maximum absolute atomic E-state index is 12.4. The number of fused-ring (bicyclic) bond motifs is 2. The Kier molecular flexibility index (Phi) is 3.67. The van der Waals surface area contributed by atoms with Crippen molar-refractivity contribution >= 4 is 33.3 Å². The Morgan fingerprint density at radius 3 is 2.88 bits per heavy atom. The summed E-state index contributed by atoms with van der Waals surface area (Å²) >= 11 is 1.67. The zero-order valence-corrected chi connectivity index (χ0v) is 15.3. The Hall–Kier alpha value is -2.47. The Morgan fingerprint density at radius 1 is 1.19 bits per heavy atom. The number of esters is 1. The third-order valence-corrected chi connectivity index (χ3v) is 6.39. The predicted molar refractivity (Wildman–Crippen MR) is 102 cm³/mol. The lowest BCUT2D eigenvalue weighted by Crippen LogP contribution is -2.44. The Balaban J connectivity index is 1.63. The number of hydrogen-bond donors (Lipinski definition) is 0. The highest BCUT2D eigenvalue weighted by Gasteiger charge is 2.44. The number of thiophene rings is 1. The molecule has 0 radical (unpaired) electrons. The summed E-state index contributed by atoms with van der Waals surface area (Å²) in [5.74, 6) is 1.87. The fourth-order valence-corrected chi connectivity index (χ4v) is 5.16. The standard InChI is InChI=1S/C20H19N3O2S/c1-12-21-18(23-9-7-14-8-10-25-20(24)17(14)23)15-11-16(26-19(15)22-12)13-5-3-2-4-6-13/h2-6,11,14,17H,7-10H2,1H3/t14-,17+/m1/s1. The summed E-state index contributed by atoms with van der Waals surface area (Å²) in [6, 6.07) is 12.3. The quantitative estimate of drug-likeness (QED) is 0.647. The van der Waals surface area contributed by atoms with E-state index in [1.807, 2.05) is 25.1 Å². The van der Waals surface area contributed by atoms with Gasteiger partial charge in [0.05, 0.1) is 12.0 Å². The zero-order chi connectivity index (χ0) is 17.7. The van der Waals surface area contributed by atoms with Crippen molar-refractivity contribution in [3.8, 4) is 10.4 Å². The second-order valence-electron chi connectivity index (χ2n) is 6.93. The lowest BCUT2D eigenvalue weighted by Gasteiger charge is -2.30. The molecule has 2 aliphatic heterocycles. The molecule has 2 atom stereocenters. The van der Waals surface area contributed by atoms with Gasteiger partial charge in [0.1, 0.15) is 22.5 Å². The summed E-state index contributed by atoms with van der Waals surface area (Å²) in [4.78, 5) is 26.1. The predicted octanol–water partition coefficient (Wildman–Crippen LogP) is 3.81. The van der Waals surface area contributed by atoms with Crippen LogP contribution >= 0.6 is 11.3 Å². The van der Waals surface area contributed by atoms with Gasteiger partial charge in [-0.15, -0.1) is 11.3 Å². The molecule has 4 heterocycles. The molecule has 0 saturated carbocycles. The van der Waals surface area contributed by atoms with E-state index in [0.29, 0.717) is 12.5 Å². The number of hydrogen-bond acceptors (Lipinski definition) is 6. The monoisotopic (exact) mass is 365 g/mol. The van der Waals surface area contributed by atoms with E-state index in [2.05, 4.69) is 28.1 Å². The van der Waals surface area contributed by atoms with Crippen molar-refractivity contribution in [1.82, 2.24) is 9.97 Å². The Morgan fingerprint density at radius 2 is 2.04 bits per heavy atom. The molecule has 0 bridgehead atoms. The first-order valence-electron chi connectivity index (χ1n) is 8.97. The second-order valence-corrected chi connectivity index (χ2v) is 7.96. The fourth-order valence-electron chi connectivity index (χ4n) is 4.09. The molecule has 0 aliphatic carbocycles. The highest BCUT2D eigenvalue weighted by Crippen LogP contribution is 2.41. The normalized spacial score (nSPS) is 22.5. The van der Waals surface area contributed by atoms with Gasteiger partial charge in [0.15, 0.2) is 0 Å². The van der Waals surface area contributed by atoms with E-state index in [1.165, 1.54) is 10.4 Å². The van der Waals surface area contributed by atoms with Gasteiger partial charge < -0.3 is 9.64 Å². The lowest BCUT2D eigenvalue weighted by atomic mass is 9.95. The van der Waals surface area contributed by atoms with Gasteiger partial charge >= 0.3 is 5.97 Å². The maximum Gasteiger partial charge on any atom is 0.329 e. The van der Waals surface area contributed by atoms with Crippen molar-refractivity contribution in [2.45, 2.75) is 25.8 Å². The second kappa shape index (κ2) is 6.06. The maximum atomic E-state index is 12.4. The number of carbonyl (C=O) groups excluding carboxylic acids is 1. The van der Waals surface area contributed by atoms with E-state index in [-0.39, 0.29) is 12.0 Å². The van der Waals surface area contributed by atoms with Crippen LogP contribution in [0.15, 0.2) is 36.4 Å². The summed E-state index contributed by atoms with van der Waals surface area (Å²) in [7, 11) is 0. The van der Waals surface area contributed by atoms with Crippen LogP contribution in [0.3, 0.4) is 0 Å². The molecule has 3 aromatic rings. The third kappa shape index (κ3) is 2.48. The van der Waals surface area contributed by atoms with E-state index in [4.69, 9.17) is 9.72 Å². The summed E-state index contributed by atoms with van der Waals surface area (Å²) < 4.78 is 5.34. The molecular weight excluding hydrogens is 346 g/mol. The summed E-state index contributed by atoms with van der Waals surface area (Å²) in [5.41, 5.74) is 1.18. The highest BCUT2D eigenvalue weighted by molar-refractivity contribution is 7.21. The van der Waals surface area contributed by atoms with Crippen LogP contribution < -0.4 is 4.90 Å². The molecule has 2 aromatic heterocycles. The van der Waals surface area contributed by atoms with Gasteiger partial charge in [-0.05, 0) is 37.3 Å². The van der Waals surface area contributed by atoms with Crippen molar-refractivity contribution in [2.24, 2.45) is 5.92 Å². The van der Waals surface area contributed by atoms with Crippen LogP contribution in [0.2, 0.25) is 0 Å². The van der Waals surface area contributed by atoms with Gasteiger partial charge in [-0.3, -0.25) is 0 Å². The van der Waals surface area contributed by atoms with Crippen molar-refractivity contribution in [3.05, 3.63) is 42.2 Å².